The number of methoxy groups -OCH3 is 1. The van der Waals surface area contributed by atoms with Crippen LogP contribution >= 0.6 is 0 Å². The predicted octanol–water partition coefficient (Wildman–Crippen LogP) is 1.03. The van der Waals surface area contributed by atoms with E-state index in [1.54, 1.807) is 0 Å². The second-order valence-corrected chi connectivity index (χ2v) is 5.10. The normalized spacial score (nSPS) is 30.8. The van der Waals surface area contributed by atoms with Crippen molar-refractivity contribution in [2.24, 2.45) is 5.92 Å². The average Bonchev–Trinajstić information content (AvgIpc) is 2.23. The molecule has 16 heavy (non-hydrogen) atoms. The molecule has 0 bridgehead atoms. The molecule has 1 fully saturated rings. The molecule has 94 valence electrons. The number of β-amino-alcohol motifs (C(OH)–C–C–N with tert-alkyl or cyclic N) is 1. The molecule has 3 atom stereocenters. The van der Waals surface area contributed by atoms with Gasteiger partial charge in [-0.3, -0.25) is 4.90 Å². The first-order valence-electron chi connectivity index (χ1n) is 5.93. The fourth-order valence-electron chi connectivity index (χ4n) is 2.32. The minimum atomic E-state index is -1.40. The Morgan fingerprint density at radius 1 is 1.56 bits per heavy atom. The first-order chi connectivity index (χ1) is 7.38. The molecular formula is C12H23NO3. The van der Waals surface area contributed by atoms with E-state index in [1.807, 2.05) is 0 Å². The summed E-state index contributed by atoms with van der Waals surface area (Å²) in [5.41, 5.74) is -1.40. The lowest BCUT2D eigenvalue weighted by Crippen LogP contribution is -2.53. The van der Waals surface area contributed by atoms with Gasteiger partial charge in [-0.15, -0.1) is 0 Å². The molecule has 0 amide bonds. The van der Waals surface area contributed by atoms with Crippen LogP contribution in [0.1, 0.15) is 33.6 Å². The van der Waals surface area contributed by atoms with Crippen LogP contribution in [0.25, 0.3) is 0 Å². The van der Waals surface area contributed by atoms with Gasteiger partial charge in [0.25, 0.3) is 0 Å². The Morgan fingerprint density at radius 3 is 2.75 bits per heavy atom. The summed E-state index contributed by atoms with van der Waals surface area (Å²) in [6.45, 7) is 7.18. The van der Waals surface area contributed by atoms with Crippen molar-refractivity contribution in [1.29, 1.82) is 0 Å². The fraction of sp³-hybridized carbons (Fsp3) is 0.917. The van der Waals surface area contributed by atoms with Crippen molar-refractivity contribution in [2.75, 3.05) is 20.2 Å². The lowest BCUT2D eigenvalue weighted by molar-refractivity contribution is -0.163. The van der Waals surface area contributed by atoms with Crippen LogP contribution in [0.5, 0.6) is 0 Å². The van der Waals surface area contributed by atoms with E-state index in [0.717, 1.165) is 13.0 Å². The van der Waals surface area contributed by atoms with Crippen LogP contribution in [-0.4, -0.2) is 47.8 Å². The highest BCUT2D eigenvalue weighted by molar-refractivity contribution is 5.78. The van der Waals surface area contributed by atoms with Gasteiger partial charge in [-0.25, -0.2) is 4.79 Å². The molecule has 0 aromatic heterocycles. The highest BCUT2D eigenvalue weighted by Crippen LogP contribution is 2.24. The number of rotatable bonds is 3. The zero-order valence-electron chi connectivity index (χ0n) is 10.7. The number of hydrogen-bond donors (Lipinski definition) is 1. The summed E-state index contributed by atoms with van der Waals surface area (Å²) in [7, 11) is 1.30. The molecule has 4 nitrogen and oxygen atoms in total. The summed E-state index contributed by atoms with van der Waals surface area (Å²) in [5.74, 6) is 0.0557. The second kappa shape index (κ2) is 5.15. The number of carbonyl (C=O) groups excluding carboxylic acids is 1. The Hall–Kier alpha value is -0.610. The third kappa shape index (κ3) is 2.95. The monoisotopic (exact) mass is 229 g/mol. The first kappa shape index (κ1) is 13.5. The largest absolute Gasteiger partial charge is 0.467 e. The highest BCUT2D eigenvalue weighted by Gasteiger charge is 2.36. The maximum Gasteiger partial charge on any atom is 0.338 e. The van der Waals surface area contributed by atoms with Crippen LogP contribution in [0, 0.1) is 5.92 Å². The van der Waals surface area contributed by atoms with E-state index in [2.05, 4.69) is 23.5 Å². The first-order valence-corrected chi connectivity index (χ1v) is 5.93. The van der Waals surface area contributed by atoms with Gasteiger partial charge in [0.05, 0.1) is 7.11 Å². The number of hydrogen-bond acceptors (Lipinski definition) is 4. The SMILES string of the molecule is COC(=O)C(C)(O)CN1CCCC(C)C1C. The minimum absolute atomic E-state index is 0.352. The van der Waals surface area contributed by atoms with Crippen molar-refractivity contribution in [3.05, 3.63) is 0 Å². The van der Waals surface area contributed by atoms with Gasteiger partial charge in [-0.2, -0.15) is 0 Å². The van der Waals surface area contributed by atoms with E-state index in [4.69, 9.17) is 0 Å². The van der Waals surface area contributed by atoms with Gasteiger partial charge in [0.1, 0.15) is 0 Å². The van der Waals surface area contributed by atoms with Crippen LogP contribution in [-0.2, 0) is 9.53 Å². The van der Waals surface area contributed by atoms with E-state index in [1.165, 1.54) is 20.5 Å². The lowest BCUT2D eigenvalue weighted by atomic mass is 9.90. The topological polar surface area (TPSA) is 49.8 Å². The molecule has 4 heteroatoms. The maximum atomic E-state index is 11.4. The third-order valence-electron chi connectivity index (χ3n) is 3.64. The van der Waals surface area contributed by atoms with E-state index >= 15 is 0 Å². The number of nitrogens with zero attached hydrogens (tertiary/aromatic N) is 1. The molecule has 1 N–H and O–H groups in total. The number of likely N-dealkylation sites (tertiary alicyclic amines) is 1. The third-order valence-corrected chi connectivity index (χ3v) is 3.64. The summed E-state index contributed by atoms with van der Waals surface area (Å²) in [6, 6.07) is 0.407. The molecule has 1 aliphatic rings. The van der Waals surface area contributed by atoms with Crippen molar-refractivity contribution < 1.29 is 14.6 Å². The predicted molar refractivity (Wildman–Crippen MR) is 62.1 cm³/mol. The molecule has 0 saturated carbocycles. The van der Waals surface area contributed by atoms with Crippen molar-refractivity contribution in [3.8, 4) is 0 Å². The van der Waals surface area contributed by atoms with E-state index < -0.39 is 11.6 Å². The Labute approximate surface area is 97.6 Å². The van der Waals surface area contributed by atoms with Crippen molar-refractivity contribution >= 4 is 5.97 Å². The molecule has 0 spiro atoms. The van der Waals surface area contributed by atoms with Crippen LogP contribution in [0.3, 0.4) is 0 Å². The zero-order valence-corrected chi connectivity index (χ0v) is 10.7. The molecule has 1 aliphatic heterocycles. The van der Waals surface area contributed by atoms with E-state index in [-0.39, 0.29) is 0 Å². The molecule has 0 aromatic carbocycles. The average molecular weight is 229 g/mol. The van der Waals surface area contributed by atoms with E-state index in [0.29, 0.717) is 18.5 Å². The second-order valence-electron chi connectivity index (χ2n) is 5.10. The zero-order chi connectivity index (χ0) is 12.3. The summed E-state index contributed by atoms with van der Waals surface area (Å²) >= 11 is 0. The van der Waals surface area contributed by atoms with Crippen molar-refractivity contribution in [3.63, 3.8) is 0 Å². The number of esters is 1. The Kier molecular flexibility index (Phi) is 4.33. The molecule has 1 heterocycles. The van der Waals surface area contributed by atoms with Gasteiger partial charge in [-0.05, 0) is 39.2 Å². The Morgan fingerprint density at radius 2 is 2.19 bits per heavy atom. The quantitative estimate of drug-likeness (QED) is 0.734. The Bertz CT molecular complexity index is 253. The molecule has 0 aromatic rings. The van der Waals surface area contributed by atoms with Gasteiger partial charge in [-0.1, -0.05) is 6.92 Å². The Balaban J connectivity index is 2.62. The maximum absolute atomic E-state index is 11.4. The highest BCUT2D eigenvalue weighted by atomic mass is 16.5. The summed E-state index contributed by atoms with van der Waals surface area (Å²) in [4.78, 5) is 13.6. The van der Waals surface area contributed by atoms with Crippen LogP contribution in [0.15, 0.2) is 0 Å². The standard InChI is InChI=1S/C12H23NO3/c1-9-6-5-7-13(10(9)2)8-12(3,15)11(14)16-4/h9-10,15H,5-8H2,1-4H3. The number of ether oxygens (including phenoxy) is 1. The van der Waals surface area contributed by atoms with Crippen LogP contribution < -0.4 is 0 Å². The van der Waals surface area contributed by atoms with Gasteiger partial charge in [0.15, 0.2) is 5.60 Å². The fourth-order valence-corrected chi connectivity index (χ4v) is 2.32. The summed E-state index contributed by atoms with van der Waals surface area (Å²) in [6.07, 6.45) is 2.35. The van der Waals surface area contributed by atoms with Gasteiger partial charge in [0.2, 0.25) is 0 Å². The molecule has 0 radical (unpaired) electrons. The van der Waals surface area contributed by atoms with E-state index in [9.17, 15) is 9.90 Å². The summed E-state index contributed by atoms with van der Waals surface area (Å²) in [5, 5.41) is 10.0. The molecule has 1 saturated heterocycles. The molecule has 1 rings (SSSR count). The van der Waals surface area contributed by atoms with Gasteiger partial charge >= 0.3 is 5.97 Å². The molecular weight excluding hydrogens is 206 g/mol. The van der Waals surface area contributed by atoms with Crippen LogP contribution in [0.4, 0.5) is 0 Å². The molecule has 0 aliphatic carbocycles. The number of aliphatic hydroxyl groups is 1. The lowest BCUT2D eigenvalue weighted by Gasteiger charge is -2.40. The summed E-state index contributed by atoms with van der Waals surface area (Å²) < 4.78 is 4.60. The number of piperidine rings is 1. The number of carbonyl (C=O) groups is 1. The van der Waals surface area contributed by atoms with Crippen molar-refractivity contribution in [1.82, 2.24) is 4.90 Å². The smallest absolute Gasteiger partial charge is 0.338 e. The van der Waals surface area contributed by atoms with Crippen molar-refractivity contribution in [2.45, 2.75) is 45.3 Å². The molecule has 3 unspecified atom stereocenters. The van der Waals surface area contributed by atoms with Gasteiger partial charge in [0, 0.05) is 12.6 Å². The van der Waals surface area contributed by atoms with Gasteiger partial charge < -0.3 is 9.84 Å². The van der Waals surface area contributed by atoms with Crippen LogP contribution in [0.2, 0.25) is 0 Å². The minimum Gasteiger partial charge on any atom is -0.467 e.